The highest BCUT2D eigenvalue weighted by Gasteiger charge is 2.30. The molecular formula is C32H30O4. The number of benzene rings is 5. The summed E-state index contributed by atoms with van der Waals surface area (Å²) in [7, 11) is 0. The first-order chi connectivity index (χ1) is 17.4. The van der Waals surface area contributed by atoms with E-state index in [1.165, 1.54) is 0 Å². The molecule has 0 heterocycles. The number of aromatic hydroxyl groups is 4. The van der Waals surface area contributed by atoms with Gasteiger partial charge in [-0.1, -0.05) is 91.0 Å². The lowest BCUT2D eigenvalue weighted by Gasteiger charge is -2.32. The van der Waals surface area contributed by atoms with E-state index in [1.807, 2.05) is 54.6 Å². The molecule has 5 aromatic rings. The highest BCUT2D eigenvalue weighted by molar-refractivity contribution is 5.51. The average Bonchev–Trinajstić information content (AvgIpc) is 2.91. The molecule has 0 saturated carbocycles. The summed E-state index contributed by atoms with van der Waals surface area (Å²) >= 11 is 0. The standard InChI is InChI=1S/C20H18O2.2C6H6O/c1-20(15-5-3-2-4-6-15,16-7-11-18(21)12-8-16)17-9-13-19(22)14-10-17;2*7-6-4-2-1-3-5-6/h2-14,21-22H,1H3;2*1-5,7H. The molecule has 4 N–H and O–H groups in total. The van der Waals surface area contributed by atoms with Gasteiger partial charge in [-0.15, -0.1) is 0 Å². The zero-order chi connectivity index (χ0) is 25.8. The van der Waals surface area contributed by atoms with Crippen LogP contribution in [0.3, 0.4) is 0 Å². The SMILES string of the molecule is CC(c1ccccc1)(c1ccc(O)cc1)c1ccc(O)cc1.Oc1ccccc1.Oc1ccccc1. The fourth-order valence-electron chi connectivity index (χ4n) is 3.72. The van der Waals surface area contributed by atoms with Crippen LogP contribution < -0.4 is 0 Å². The van der Waals surface area contributed by atoms with Crippen molar-refractivity contribution < 1.29 is 20.4 Å². The van der Waals surface area contributed by atoms with Crippen LogP contribution in [0, 0.1) is 0 Å². The Morgan fingerprint density at radius 3 is 0.861 bits per heavy atom. The first-order valence-corrected chi connectivity index (χ1v) is 11.5. The minimum atomic E-state index is -0.358. The van der Waals surface area contributed by atoms with Gasteiger partial charge in [-0.25, -0.2) is 0 Å². The Bertz CT molecular complexity index is 1200. The summed E-state index contributed by atoms with van der Waals surface area (Å²) in [5.41, 5.74) is 2.97. The fraction of sp³-hybridized carbons (Fsp3) is 0.0625. The fourth-order valence-corrected chi connectivity index (χ4v) is 3.72. The first kappa shape index (κ1) is 25.9. The van der Waals surface area contributed by atoms with Crippen molar-refractivity contribution in [3.05, 3.63) is 156 Å². The van der Waals surface area contributed by atoms with Crippen molar-refractivity contribution in [3.8, 4) is 23.0 Å². The van der Waals surface area contributed by atoms with E-state index >= 15 is 0 Å². The van der Waals surface area contributed by atoms with E-state index in [2.05, 4.69) is 19.1 Å². The van der Waals surface area contributed by atoms with E-state index in [9.17, 15) is 10.2 Å². The molecule has 0 atom stereocenters. The Morgan fingerprint density at radius 1 is 0.333 bits per heavy atom. The number of hydrogen-bond acceptors (Lipinski definition) is 4. The zero-order valence-electron chi connectivity index (χ0n) is 20.1. The molecule has 0 saturated heterocycles. The van der Waals surface area contributed by atoms with E-state index in [1.54, 1.807) is 72.8 Å². The van der Waals surface area contributed by atoms with Crippen molar-refractivity contribution in [1.29, 1.82) is 0 Å². The van der Waals surface area contributed by atoms with E-state index in [4.69, 9.17) is 10.2 Å². The van der Waals surface area contributed by atoms with Crippen molar-refractivity contribution >= 4 is 0 Å². The maximum absolute atomic E-state index is 9.57. The molecule has 4 heteroatoms. The smallest absolute Gasteiger partial charge is 0.115 e. The van der Waals surface area contributed by atoms with Gasteiger partial charge in [-0.2, -0.15) is 0 Å². The molecule has 0 aliphatic heterocycles. The Labute approximate surface area is 212 Å². The van der Waals surface area contributed by atoms with Gasteiger partial charge >= 0.3 is 0 Å². The summed E-state index contributed by atoms with van der Waals surface area (Å²) in [4.78, 5) is 0. The number of para-hydroxylation sites is 2. The molecule has 0 unspecified atom stereocenters. The van der Waals surface area contributed by atoms with E-state index in [0.717, 1.165) is 16.7 Å². The molecule has 0 spiro atoms. The summed E-state index contributed by atoms with van der Waals surface area (Å²) < 4.78 is 0. The van der Waals surface area contributed by atoms with Gasteiger partial charge in [0.25, 0.3) is 0 Å². The van der Waals surface area contributed by atoms with Gasteiger partial charge in [0.1, 0.15) is 23.0 Å². The highest BCUT2D eigenvalue weighted by Crippen LogP contribution is 2.39. The molecule has 0 aliphatic carbocycles. The third kappa shape index (κ3) is 7.15. The van der Waals surface area contributed by atoms with E-state index in [0.29, 0.717) is 11.5 Å². The normalized spacial score (nSPS) is 10.2. The number of rotatable bonds is 3. The molecule has 0 aromatic heterocycles. The largest absolute Gasteiger partial charge is 0.508 e. The van der Waals surface area contributed by atoms with Crippen LogP contribution >= 0.6 is 0 Å². The molecule has 5 aromatic carbocycles. The topological polar surface area (TPSA) is 80.9 Å². The minimum Gasteiger partial charge on any atom is -0.508 e. The first-order valence-electron chi connectivity index (χ1n) is 11.5. The van der Waals surface area contributed by atoms with Crippen molar-refractivity contribution in [2.45, 2.75) is 12.3 Å². The van der Waals surface area contributed by atoms with Crippen LogP contribution in [0.2, 0.25) is 0 Å². The second-order valence-electron chi connectivity index (χ2n) is 8.26. The lowest BCUT2D eigenvalue weighted by Crippen LogP contribution is -2.25. The monoisotopic (exact) mass is 478 g/mol. The maximum atomic E-state index is 9.57. The maximum Gasteiger partial charge on any atom is 0.115 e. The van der Waals surface area contributed by atoms with E-state index in [-0.39, 0.29) is 16.9 Å². The second-order valence-corrected chi connectivity index (χ2v) is 8.26. The predicted molar refractivity (Wildman–Crippen MR) is 144 cm³/mol. The van der Waals surface area contributed by atoms with Crippen LogP contribution in [0.5, 0.6) is 23.0 Å². The molecule has 36 heavy (non-hydrogen) atoms. The van der Waals surface area contributed by atoms with Gasteiger partial charge in [0, 0.05) is 5.41 Å². The van der Waals surface area contributed by atoms with Gasteiger partial charge in [0.15, 0.2) is 0 Å². The second kappa shape index (κ2) is 12.7. The zero-order valence-corrected chi connectivity index (χ0v) is 20.1. The van der Waals surface area contributed by atoms with Gasteiger partial charge < -0.3 is 20.4 Å². The highest BCUT2D eigenvalue weighted by atomic mass is 16.3. The van der Waals surface area contributed by atoms with Crippen molar-refractivity contribution in [3.63, 3.8) is 0 Å². The summed E-state index contributed by atoms with van der Waals surface area (Å²) in [5.74, 6) is 1.15. The molecule has 0 radical (unpaired) electrons. The van der Waals surface area contributed by atoms with E-state index < -0.39 is 0 Å². The molecule has 0 bridgehead atoms. The van der Waals surface area contributed by atoms with Crippen molar-refractivity contribution in [2.75, 3.05) is 0 Å². The van der Waals surface area contributed by atoms with Crippen LogP contribution in [-0.4, -0.2) is 20.4 Å². The Hall–Kier alpha value is -4.70. The minimum absolute atomic E-state index is 0.255. The molecule has 182 valence electrons. The van der Waals surface area contributed by atoms with Gasteiger partial charge in [-0.3, -0.25) is 0 Å². The number of phenolic OH excluding ortho intramolecular Hbond substituents is 4. The average molecular weight is 479 g/mol. The quantitative estimate of drug-likeness (QED) is 0.206. The summed E-state index contributed by atoms with van der Waals surface area (Å²) in [6, 6.07) is 42.2. The van der Waals surface area contributed by atoms with Gasteiger partial charge in [0.2, 0.25) is 0 Å². The number of phenols is 4. The van der Waals surface area contributed by atoms with Gasteiger partial charge in [0.05, 0.1) is 0 Å². The lowest BCUT2D eigenvalue weighted by molar-refractivity contribution is 0.474. The Kier molecular flexibility index (Phi) is 9.12. The number of hydrogen-bond donors (Lipinski definition) is 4. The summed E-state index contributed by atoms with van der Waals surface area (Å²) in [6.45, 7) is 2.15. The van der Waals surface area contributed by atoms with Crippen LogP contribution in [0.15, 0.2) is 140 Å². The van der Waals surface area contributed by atoms with Crippen molar-refractivity contribution in [1.82, 2.24) is 0 Å². The third-order valence-electron chi connectivity index (χ3n) is 5.75. The van der Waals surface area contributed by atoms with Crippen LogP contribution in [0.4, 0.5) is 0 Å². The third-order valence-corrected chi connectivity index (χ3v) is 5.75. The molecule has 0 fully saturated rings. The molecular weight excluding hydrogens is 448 g/mol. The molecule has 0 amide bonds. The van der Waals surface area contributed by atoms with Crippen LogP contribution in [-0.2, 0) is 5.41 Å². The predicted octanol–water partition coefficient (Wildman–Crippen LogP) is 7.24. The lowest BCUT2D eigenvalue weighted by atomic mass is 9.71. The van der Waals surface area contributed by atoms with Crippen LogP contribution in [0.25, 0.3) is 0 Å². The van der Waals surface area contributed by atoms with Gasteiger partial charge in [-0.05, 0) is 72.1 Å². The Balaban J connectivity index is 0.000000209. The molecule has 4 nitrogen and oxygen atoms in total. The molecule has 0 aliphatic rings. The summed E-state index contributed by atoms with van der Waals surface area (Å²) in [6.07, 6.45) is 0. The molecule has 5 rings (SSSR count). The van der Waals surface area contributed by atoms with Crippen molar-refractivity contribution in [2.24, 2.45) is 0 Å². The Morgan fingerprint density at radius 2 is 0.583 bits per heavy atom. The summed E-state index contributed by atoms with van der Waals surface area (Å²) in [5, 5.41) is 36.4. The van der Waals surface area contributed by atoms with Crippen LogP contribution in [0.1, 0.15) is 23.6 Å².